The number of hydrogen-bond acceptors (Lipinski definition) is 4. The molecule has 0 bridgehead atoms. The molecule has 2 aromatic heterocycles. The summed E-state index contributed by atoms with van der Waals surface area (Å²) in [7, 11) is 1.66. The Hall–Kier alpha value is -2.33. The van der Waals surface area contributed by atoms with Gasteiger partial charge in [-0.25, -0.2) is 0 Å². The molecule has 1 N–H and O–H groups in total. The SMILES string of the molecule is COc1cccc2cc([C@@H](C)N[C@@H](C)c3ccncc3)oc12. The molecule has 22 heavy (non-hydrogen) atoms. The number of rotatable bonds is 5. The number of fused-ring (bicyclic) bond motifs is 1. The number of methoxy groups -OCH3 is 1. The monoisotopic (exact) mass is 296 g/mol. The van der Waals surface area contributed by atoms with Crippen LogP contribution in [0.2, 0.25) is 0 Å². The molecule has 0 aliphatic rings. The second-order valence-electron chi connectivity index (χ2n) is 5.42. The topological polar surface area (TPSA) is 47.3 Å². The quantitative estimate of drug-likeness (QED) is 0.764. The maximum Gasteiger partial charge on any atom is 0.176 e. The number of para-hydroxylation sites is 1. The molecule has 2 atom stereocenters. The van der Waals surface area contributed by atoms with Crippen molar-refractivity contribution >= 4 is 11.0 Å². The predicted molar refractivity (Wildman–Crippen MR) is 87.0 cm³/mol. The summed E-state index contributed by atoms with van der Waals surface area (Å²) in [4.78, 5) is 4.05. The first kappa shape index (κ1) is 14.6. The van der Waals surface area contributed by atoms with Gasteiger partial charge in [-0.3, -0.25) is 4.98 Å². The summed E-state index contributed by atoms with van der Waals surface area (Å²) in [6.45, 7) is 4.23. The van der Waals surface area contributed by atoms with E-state index in [1.807, 2.05) is 42.7 Å². The summed E-state index contributed by atoms with van der Waals surface area (Å²) < 4.78 is 11.3. The summed E-state index contributed by atoms with van der Waals surface area (Å²) in [6, 6.07) is 12.3. The van der Waals surface area contributed by atoms with E-state index in [2.05, 4.69) is 30.2 Å². The molecule has 0 unspecified atom stereocenters. The highest BCUT2D eigenvalue weighted by molar-refractivity contribution is 5.83. The molecular formula is C18H20N2O2. The van der Waals surface area contributed by atoms with Crippen LogP contribution in [-0.4, -0.2) is 12.1 Å². The van der Waals surface area contributed by atoms with E-state index in [-0.39, 0.29) is 12.1 Å². The highest BCUT2D eigenvalue weighted by Crippen LogP contribution is 2.31. The zero-order chi connectivity index (χ0) is 15.5. The molecule has 2 heterocycles. The highest BCUT2D eigenvalue weighted by Gasteiger charge is 2.16. The summed E-state index contributed by atoms with van der Waals surface area (Å²) in [6.07, 6.45) is 3.62. The van der Waals surface area contributed by atoms with E-state index in [1.165, 1.54) is 5.56 Å². The molecule has 1 aromatic carbocycles. The van der Waals surface area contributed by atoms with Gasteiger partial charge in [-0.05, 0) is 43.7 Å². The first-order valence-corrected chi connectivity index (χ1v) is 7.41. The van der Waals surface area contributed by atoms with Crippen LogP contribution in [0, 0.1) is 0 Å². The first-order chi connectivity index (χ1) is 10.7. The number of hydrogen-bond donors (Lipinski definition) is 1. The molecule has 3 rings (SSSR count). The van der Waals surface area contributed by atoms with Crippen molar-refractivity contribution in [3.8, 4) is 5.75 Å². The normalized spacial score (nSPS) is 14.0. The van der Waals surface area contributed by atoms with Crippen molar-refractivity contribution in [1.82, 2.24) is 10.3 Å². The van der Waals surface area contributed by atoms with Gasteiger partial charge in [-0.2, -0.15) is 0 Å². The van der Waals surface area contributed by atoms with Crippen molar-refractivity contribution in [2.75, 3.05) is 7.11 Å². The molecule has 0 amide bonds. The lowest BCUT2D eigenvalue weighted by molar-refractivity contribution is 0.391. The fourth-order valence-corrected chi connectivity index (χ4v) is 2.64. The van der Waals surface area contributed by atoms with E-state index in [1.54, 1.807) is 7.11 Å². The van der Waals surface area contributed by atoms with Crippen molar-refractivity contribution in [3.05, 3.63) is 60.1 Å². The Morgan fingerprint density at radius 2 is 1.86 bits per heavy atom. The lowest BCUT2D eigenvalue weighted by Crippen LogP contribution is -2.22. The minimum absolute atomic E-state index is 0.0975. The first-order valence-electron chi connectivity index (χ1n) is 7.41. The van der Waals surface area contributed by atoms with Crippen LogP contribution in [0.5, 0.6) is 5.75 Å². The van der Waals surface area contributed by atoms with Crippen LogP contribution in [0.25, 0.3) is 11.0 Å². The molecule has 3 aromatic rings. The fourth-order valence-electron chi connectivity index (χ4n) is 2.64. The molecular weight excluding hydrogens is 276 g/mol. The zero-order valence-corrected chi connectivity index (χ0v) is 13.0. The van der Waals surface area contributed by atoms with Crippen LogP contribution in [0.3, 0.4) is 0 Å². The van der Waals surface area contributed by atoms with Crippen LogP contribution >= 0.6 is 0 Å². The van der Waals surface area contributed by atoms with Crippen molar-refractivity contribution in [3.63, 3.8) is 0 Å². The largest absolute Gasteiger partial charge is 0.493 e. The third-order valence-corrected chi connectivity index (χ3v) is 3.88. The summed E-state index contributed by atoms with van der Waals surface area (Å²) in [5, 5.41) is 4.60. The fraction of sp³-hybridized carbons (Fsp3) is 0.278. The molecule has 0 aliphatic heterocycles. The molecule has 0 saturated carbocycles. The average Bonchev–Trinajstić information content (AvgIpc) is 2.99. The van der Waals surface area contributed by atoms with Gasteiger partial charge in [0, 0.05) is 23.8 Å². The van der Waals surface area contributed by atoms with Crippen LogP contribution in [0.4, 0.5) is 0 Å². The smallest absolute Gasteiger partial charge is 0.176 e. The molecule has 4 heteroatoms. The number of furan rings is 1. The number of nitrogens with zero attached hydrogens (tertiary/aromatic N) is 1. The van der Waals surface area contributed by atoms with Crippen molar-refractivity contribution < 1.29 is 9.15 Å². The van der Waals surface area contributed by atoms with E-state index in [9.17, 15) is 0 Å². The van der Waals surface area contributed by atoms with Crippen molar-refractivity contribution in [1.29, 1.82) is 0 Å². The van der Waals surface area contributed by atoms with Gasteiger partial charge < -0.3 is 14.5 Å². The van der Waals surface area contributed by atoms with Gasteiger partial charge >= 0.3 is 0 Å². The average molecular weight is 296 g/mol. The summed E-state index contributed by atoms with van der Waals surface area (Å²) in [5.41, 5.74) is 2.00. The van der Waals surface area contributed by atoms with Gasteiger partial charge in [0.1, 0.15) is 5.76 Å². The van der Waals surface area contributed by atoms with E-state index >= 15 is 0 Å². The second kappa shape index (κ2) is 6.20. The van der Waals surface area contributed by atoms with Gasteiger partial charge in [0.25, 0.3) is 0 Å². The van der Waals surface area contributed by atoms with Crippen LogP contribution in [0.15, 0.2) is 53.2 Å². The minimum atomic E-state index is 0.0975. The maximum atomic E-state index is 5.99. The Labute approximate surface area is 130 Å². The van der Waals surface area contributed by atoms with Crippen LogP contribution < -0.4 is 10.1 Å². The van der Waals surface area contributed by atoms with E-state index in [0.29, 0.717) is 0 Å². The molecule has 0 spiro atoms. The van der Waals surface area contributed by atoms with E-state index < -0.39 is 0 Å². The second-order valence-corrected chi connectivity index (χ2v) is 5.42. The standard InChI is InChI=1S/C18H20N2O2/c1-12(14-7-9-19-10-8-14)20-13(2)17-11-15-5-4-6-16(21-3)18(15)22-17/h4-13,20H,1-3H3/t12-,13+/m0/s1. The van der Waals surface area contributed by atoms with Crippen LogP contribution in [0.1, 0.15) is 37.3 Å². The molecule has 0 aliphatic carbocycles. The predicted octanol–water partition coefficient (Wildman–Crippen LogP) is 4.25. The Kier molecular flexibility index (Phi) is 4.11. The third kappa shape index (κ3) is 2.83. The van der Waals surface area contributed by atoms with E-state index in [4.69, 9.17) is 9.15 Å². The third-order valence-electron chi connectivity index (χ3n) is 3.88. The van der Waals surface area contributed by atoms with Gasteiger partial charge in [0.15, 0.2) is 11.3 Å². The molecule has 4 nitrogen and oxygen atoms in total. The molecule has 0 saturated heterocycles. The zero-order valence-electron chi connectivity index (χ0n) is 13.0. The number of nitrogens with one attached hydrogen (secondary N) is 1. The molecule has 0 radical (unpaired) electrons. The lowest BCUT2D eigenvalue weighted by atomic mass is 10.1. The van der Waals surface area contributed by atoms with E-state index in [0.717, 1.165) is 22.5 Å². The Morgan fingerprint density at radius 1 is 1.09 bits per heavy atom. The van der Waals surface area contributed by atoms with Gasteiger partial charge in [-0.15, -0.1) is 0 Å². The number of ether oxygens (including phenoxy) is 1. The molecule has 114 valence electrons. The Bertz CT molecular complexity index is 752. The summed E-state index contributed by atoms with van der Waals surface area (Å²) >= 11 is 0. The van der Waals surface area contributed by atoms with Gasteiger partial charge in [0.2, 0.25) is 0 Å². The molecule has 0 fully saturated rings. The summed E-state index contributed by atoms with van der Waals surface area (Å²) in [5.74, 6) is 1.67. The number of pyridine rings is 1. The Balaban J connectivity index is 1.82. The van der Waals surface area contributed by atoms with Gasteiger partial charge in [0.05, 0.1) is 13.2 Å². The van der Waals surface area contributed by atoms with Crippen molar-refractivity contribution in [2.45, 2.75) is 25.9 Å². The lowest BCUT2D eigenvalue weighted by Gasteiger charge is -2.18. The number of aromatic nitrogens is 1. The maximum absolute atomic E-state index is 5.99. The Morgan fingerprint density at radius 3 is 2.59 bits per heavy atom. The van der Waals surface area contributed by atoms with Crippen LogP contribution in [-0.2, 0) is 0 Å². The minimum Gasteiger partial charge on any atom is -0.493 e. The van der Waals surface area contributed by atoms with Gasteiger partial charge in [-0.1, -0.05) is 12.1 Å². The number of benzene rings is 1. The highest BCUT2D eigenvalue weighted by atomic mass is 16.5. The van der Waals surface area contributed by atoms with Crippen molar-refractivity contribution in [2.24, 2.45) is 0 Å².